The highest BCUT2D eigenvalue weighted by atomic mass is 16.7. The Bertz CT molecular complexity index is 693. The lowest BCUT2D eigenvalue weighted by atomic mass is 9.64. The maximum atomic E-state index is 11.8. The molecular weight excluding hydrogens is 380 g/mol. The molecule has 1 fully saturated rings. The zero-order valence-corrected chi connectivity index (χ0v) is 17.3. The van der Waals surface area contributed by atoms with Gasteiger partial charge in [0.15, 0.2) is 12.1 Å². The van der Waals surface area contributed by atoms with Crippen molar-refractivity contribution in [3.05, 3.63) is 35.5 Å². The summed E-state index contributed by atoms with van der Waals surface area (Å²) >= 11 is 0. The summed E-state index contributed by atoms with van der Waals surface area (Å²) in [6.07, 6.45) is 0.197. The Morgan fingerprint density at radius 1 is 1.28 bits per heavy atom. The van der Waals surface area contributed by atoms with Gasteiger partial charge < -0.3 is 35.0 Å². The molecule has 2 rings (SSSR count). The summed E-state index contributed by atoms with van der Waals surface area (Å²) in [6, 6.07) is 0. The molecule has 1 aliphatic carbocycles. The first kappa shape index (κ1) is 23.9. The van der Waals surface area contributed by atoms with Crippen LogP contribution in [0.2, 0.25) is 0 Å². The van der Waals surface area contributed by atoms with Gasteiger partial charge in [0.2, 0.25) is 0 Å². The minimum atomic E-state index is -1.49. The SMILES string of the molecule is CC1=CC(=O)CC(C)(C)[C@@]1(O)/C=C/C(C)=C/CO[C@@H]1O[C@H](CO)[C@@H](O)[C@@H](O)[C@@H]1O. The van der Waals surface area contributed by atoms with Crippen molar-refractivity contribution in [2.45, 2.75) is 70.4 Å². The number of aliphatic hydroxyl groups is 5. The van der Waals surface area contributed by atoms with Crippen LogP contribution in [0, 0.1) is 5.41 Å². The van der Waals surface area contributed by atoms with Crippen molar-refractivity contribution in [1.82, 2.24) is 0 Å². The molecule has 1 saturated heterocycles. The second kappa shape index (κ2) is 9.18. The van der Waals surface area contributed by atoms with Crippen molar-refractivity contribution >= 4 is 5.78 Å². The van der Waals surface area contributed by atoms with Crippen molar-refractivity contribution in [3.63, 3.8) is 0 Å². The first-order valence-electron chi connectivity index (χ1n) is 9.65. The van der Waals surface area contributed by atoms with E-state index >= 15 is 0 Å². The topological polar surface area (TPSA) is 137 Å². The summed E-state index contributed by atoms with van der Waals surface area (Å²) in [5.74, 6) is -0.00855. The van der Waals surface area contributed by atoms with Crippen LogP contribution >= 0.6 is 0 Å². The number of hydrogen-bond acceptors (Lipinski definition) is 8. The van der Waals surface area contributed by atoms with E-state index in [2.05, 4.69) is 0 Å². The molecule has 0 radical (unpaired) electrons. The summed E-state index contributed by atoms with van der Waals surface area (Å²) in [7, 11) is 0. The fraction of sp³-hybridized carbons (Fsp3) is 0.667. The Balaban J connectivity index is 2.01. The maximum Gasteiger partial charge on any atom is 0.187 e. The van der Waals surface area contributed by atoms with Crippen molar-refractivity contribution < 1.29 is 39.8 Å². The van der Waals surface area contributed by atoms with Gasteiger partial charge >= 0.3 is 0 Å². The first-order valence-corrected chi connectivity index (χ1v) is 9.65. The third-order valence-corrected chi connectivity index (χ3v) is 5.73. The second-order valence-electron chi connectivity index (χ2n) is 8.43. The highest BCUT2D eigenvalue weighted by Crippen LogP contribution is 2.44. The standard InChI is InChI=1S/C21H32O8/c1-12(5-7-21(27)13(2)9-14(23)10-20(21,3)4)6-8-28-19-18(26)17(25)16(24)15(11-22)29-19/h5-7,9,15-19,22,24-27H,8,10-11H2,1-4H3/b7-5+,12-6+/t15-,16-,17-,18+,19-,21-/m1/s1. The van der Waals surface area contributed by atoms with Gasteiger partial charge in [-0.3, -0.25) is 4.79 Å². The molecule has 6 atom stereocenters. The number of ether oxygens (including phenoxy) is 2. The Kier molecular flexibility index (Phi) is 7.56. The molecule has 0 aromatic carbocycles. The number of ketones is 1. The fourth-order valence-electron chi connectivity index (χ4n) is 3.66. The van der Waals surface area contributed by atoms with Crippen molar-refractivity contribution in [2.75, 3.05) is 13.2 Å². The van der Waals surface area contributed by atoms with Gasteiger partial charge in [0.1, 0.15) is 30.0 Å². The molecule has 29 heavy (non-hydrogen) atoms. The zero-order valence-electron chi connectivity index (χ0n) is 17.3. The molecule has 0 bridgehead atoms. The van der Waals surface area contributed by atoms with E-state index in [9.17, 15) is 30.3 Å². The summed E-state index contributed by atoms with van der Waals surface area (Å²) in [4.78, 5) is 11.8. The molecule has 164 valence electrons. The number of allylic oxidation sites excluding steroid dienone is 3. The Labute approximate surface area is 170 Å². The number of rotatable bonds is 6. The molecule has 0 aromatic rings. The van der Waals surface area contributed by atoms with Gasteiger partial charge in [-0.1, -0.05) is 31.6 Å². The van der Waals surface area contributed by atoms with Crippen LogP contribution in [0.4, 0.5) is 0 Å². The van der Waals surface area contributed by atoms with Gasteiger partial charge in [-0.2, -0.15) is 0 Å². The normalized spacial score (nSPS) is 38.4. The smallest absolute Gasteiger partial charge is 0.187 e. The predicted molar refractivity (Wildman–Crippen MR) is 105 cm³/mol. The van der Waals surface area contributed by atoms with Gasteiger partial charge in [-0.15, -0.1) is 0 Å². The Hall–Kier alpha value is -1.39. The van der Waals surface area contributed by atoms with Crippen molar-refractivity contribution in [2.24, 2.45) is 5.41 Å². The van der Waals surface area contributed by atoms with Gasteiger partial charge in [0.25, 0.3) is 0 Å². The summed E-state index contributed by atoms with van der Waals surface area (Å²) in [5, 5.41) is 49.8. The minimum Gasteiger partial charge on any atom is -0.394 e. The molecule has 8 heteroatoms. The third-order valence-electron chi connectivity index (χ3n) is 5.73. The van der Waals surface area contributed by atoms with E-state index in [1.165, 1.54) is 6.08 Å². The monoisotopic (exact) mass is 412 g/mol. The summed E-state index contributed by atoms with van der Waals surface area (Å²) in [6.45, 7) is 6.72. The minimum absolute atomic E-state index is 0.00855. The van der Waals surface area contributed by atoms with E-state index in [-0.39, 0.29) is 18.8 Å². The molecule has 0 unspecified atom stereocenters. The summed E-state index contributed by atoms with van der Waals surface area (Å²) < 4.78 is 10.7. The molecule has 8 nitrogen and oxygen atoms in total. The van der Waals surface area contributed by atoms with Gasteiger partial charge in [0.05, 0.1) is 13.2 Å². The quantitative estimate of drug-likeness (QED) is 0.384. The molecule has 1 aliphatic heterocycles. The molecule has 0 spiro atoms. The maximum absolute atomic E-state index is 11.8. The third kappa shape index (κ3) is 5.03. The molecule has 1 heterocycles. The zero-order chi connectivity index (χ0) is 22.0. The molecular formula is C21H32O8. The lowest BCUT2D eigenvalue weighted by molar-refractivity contribution is -0.298. The van der Waals surface area contributed by atoms with E-state index < -0.39 is 48.3 Å². The van der Waals surface area contributed by atoms with E-state index in [4.69, 9.17) is 9.47 Å². The number of aliphatic hydroxyl groups excluding tert-OH is 4. The lowest BCUT2D eigenvalue weighted by Crippen LogP contribution is -2.59. The average molecular weight is 412 g/mol. The second-order valence-corrected chi connectivity index (χ2v) is 8.43. The largest absolute Gasteiger partial charge is 0.394 e. The number of hydrogen-bond donors (Lipinski definition) is 5. The van der Waals surface area contributed by atoms with Gasteiger partial charge in [-0.25, -0.2) is 0 Å². The van der Waals surface area contributed by atoms with E-state index in [0.29, 0.717) is 5.57 Å². The van der Waals surface area contributed by atoms with Crippen LogP contribution < -0.4 is 0 Å². The van der Waals surface area contributed by atoms with Gasteiger partial charge in [0, 0.05) is 11.8 Å². The first-order chi connectivity index (χ1) is 13.4. The highest BCUT2D eigenvalue weighted by Gasteiger charge is 2.47. The Morgan fingerprint density at radius 3 is 2.52 bits per heavy atom. The molecule has 0 saturated carbocycles. The molecule has 0 amide bonds. The van der Waals surface area contributed by atoms with Crippen LogP contribution in [-0.4, -0.2) is 80.8 Å². The van der Waals surface area contributed by atoms with Crippen LogP contribution in [0.25, 0.3) is 0 Å². The van der Waals surface area contributed by atoms with Crippen LogP contribution in [0.5, 0.6) is 0 Å². The average Bonchev–Trinajstić information content (AvgIpc) is 2.64. The van der Waals surface area contributed by atoms with E-state index in [0.717, 1.165) is 5.57 Å². The van der Waals surface area contributed by atoms with Crippen LogP contribution in [0.3, 0.4) is 0 Å². The van der Waals surface area contributed by atoms with E-state index in [1.807, 2.05) is 13.8 Å². The van der Waals surface area contributed by atoms with Crippen molar-refractivity contribution in [3.8, 4) is 0 Å². The highest BCUT2D eigenvalue weighted by molar-refractivity contribution is 5.92. The molecule has 0 aromatic heterocycles. The fourth-order valence-corrected chi connectivity index (χ4v) is 3.66. The van der Waals surface area contributed by atoms with Gasteiger partial charge in [-0.05, 0) is 31.6 Å². The number of carbonyl (C=O) groups excluding carboxylic acids is 1. The number of carbonyl (C=O) groups is 1. The van der Waals surface area contributed by atoms with E-state index in [1.54, 1.807) is 32.1 Å². The van der Waals surface area contributed by atoms with Crippen molar-refractivity contribution in [1.29, 1.82) is 0 Å². The van der Waals surface area contributed by atoms with Crippen LogP contribution in [0.15, 0.2) is 35.5 Å². The van der Waals surface area contributed by atoms with Crippen LogP contribution in [0.1, 0.15) is 34.1 Å². The summed E-state index contributed by atoms with van der Waals surface area (Å²) in [5.41, 5.74) is -0.551. The molecule has 5 N–H and O–H groups in total. The van der Waals surface area contributed by atoms with Crippen LogP contribution in [-0.2, 0) is 14.3 Å². The Morgan fingerprint density at radius 2 is 1.93 bits per heavy atom. The predicted octanol–water partition coefficient (Wildman–Crippen LogP) is -0.0182. The molecule has 2 aliphatic rings. The lowest BCUT2D eigenvalue weighted by Gasteiger charge is -2.44.